The second-order valence-electron chi connectivity index (χ2n) is 2.80. The molecule has 0 saturated heterocycles. The molecule has 74 valence electrons. The van der Waals surface area contributed by atoms with Crippen LogP contribution in [-0.2, 0) is 0 Å². The second kappa shape index (κ2) is 4.32. The summed E-state index contributed by atoms with van der Waals surface area (Å²) in [6, 6.07) is 6.57. The number of benzene rings is 1. The molecule has 1 rings (SSSR count). The average Bonchev–Trinajstić information content (AvgIpc) is 2.06. The number of ether oxygens (including phenoxy) is 1. The van der Waals surface area contributed by atoms with Crippen molar-refractivity contribution in [3.63, 3.8) is 0 Å². The maximum absolute atomic E-state index is 10.2. The van der Waals surface area contributed by atoms with Crippen LogP contribution in [0.4, 0.5) is 10.5 Å². The second-order valence-corrected chi connectivity index (χ2v) is 2.80. The van der Waals surface area contributed by atoms with Crippen LogP contribution in [0.5, 0.6) is 5.75 Å². The molecule has 4 nitrogen and oxygen atoms in total. The zero-order chi connectivity index (χ0) is 10.6. The number of hydrogen-bond acceptors (Lipinski definition) is 3. The van der Waals surface area contributed by atoms with E-state index in [0.717, 1.165) is 11.4 Å². The Hall–Kier alpha value is -1.97. The van der Waals surface area contributed by atoms with Crippen molar-refractivity contribution < 1.29 is 14.6 Å². The normalized spacial score (nSPS) is 9.21. The summed E-state index contributed by atoms with van der Waals surface area (Å²) in [7, 11) is 0. The van der Waals surface area contributed by atoms with E-state index in [1.165, 1.54) is 0 Å². The number of carboxylic acid groups (broad SMARTS) is 1. The lowest BCUT2D eigenvalue weighted by atomic mass is 10.3. The van der Waals surface area contributed by atoms with Crippen molar-refractivity contribution in [1.29, 1.82) is 0 Å². The molecule has 14 heavy (non-hydrogen) atoms. The van der Waals surface area contributed by atoms with E-state index in [4.69, 9.17) is 5.11 Å². The van der Waals surface area contributed by atoms with E-state index >= 15 is 0 Å². The number of anilines is 1. The Morgan fingerprint density at radius 2 is 2.00 bits per heavy atom. The summed E-state index contributed by atoms with van der Waals surface area (Å²) in [5, 5.41) is 11.3. The highest BCUT2D eigenvalue weighted by Gasteiger charge is 1.99. The van der Waals surface area contributed by atoms with Gasteiger partial charge in [0.15, 0.2) is 0 Å². The zero-order valence-corrected chi connectivity index (χ0v) is 7.78. The molecule has 0 aliphatic heterocycles. The lowest BCUT2D eigenvalue weighted by molar-refractivity contribution is 0.144. The number of rotatable bonds is 3. The quantitative estimate of drug-likeness (QED) is 0.572. The van der Waals surface area contributed by atoms with Crippen molar-refractivity contribution >= 4 is 11.8 Å². The highest BCUT2D eigenvalue weighted by Crippen LogP contribution is 2.16. The third-order valence-corrected chi connectivity index (χ3v) is 1.42. The van der Waals surface area contributed by atoms with Crippen LogP contribution in [-0.4, -0.2) is 11.3 Å². The summed E-state index contributed by atoms with van der Waals surface area (Å²) in [6.45, 7) is 5.52. The van der Waals surface area contributed by atoms with Gasteiger partial charge in [0.05, 0.1) is 0 Å². The summed E-state index contributed by atoms with van der Waals surface area (Å²) >= 11 is 0. The Bertz CT molecular complexity index is 308. The van der Waals surface area contributed by atoms with Gasteiger partial charge < -0.3 is 15.2 Å². The highest BCUT2D eigenvalue weighted by atomic mass is 16.7. The van der Waals surface area contributed by atoms with Gasteiger partial charge in [-0.25, -0.2) is 4.79 Å². The fraction of sp³-hybridized carbons (Fsp3) is 0.100. The van der Waals surface area contributed by atoms with E-state index in [0.29, 0.717) is 5.75 Å². The lowest BCUT2D eigenvalue weighted by Crippen LogP contribution is -2.02. The Balaban J connectivity index is 2.68. The topological polar surface area (TPSA) is 58.6 Å². The number of nitrogens with one attached hydrogen (secondary N) is 1. The summed E-state index contributed by atoms with van der Waals surface area (Å²) in [4.78, 5) is 10.2. The maximum Gasteiger partial charge on any atom is 0.511 e. The Labute approximate surface area is 81.8 Å². The summed E-state index contributed by atoms with van der Waals surface area (Å²) in [5.74, 6) is 0.296. The molecule has 0 fully saturated rings. The number of hydrogen-bond donors (Lipinski definition) is 2. The van der Waals surface area contributed by atoms with E-state index in [9.17, 15) is 4.79 Å². The molecule has 1 aromatic carbocycles. The van der Waals surface area contributed by atoms with Gasteiger partial charge >= 0.3 is 6.16 Å². The average molecular weight is 193 g/mol. The van der Waals surface area contributed by atoms with Crippen LogP contribution in [0.25, 0.3) is 0 Å². The van der Waals surface area contributed by atoms with Crippen molar-refractivity contribution in [1.82, 2.24) is 0 Å². The molecule has 0 bridgehead atoms. The van der Waals surface area contributed by atoms with Crippen LogP contribution in [0.15, 0.2) is 36.5 Å². The number of carbonyl (C=O) groups is 1. The van der Waals surface area contributed by atoms with Crippen LogP contribution < -0.4 is 10.1 Å². The third-order valence-electron chi connectivity index (χ3n) is 1.42. The van der Waals surface area contributed by atoms with Crippen LogP contribution in [0.3, 0.4) is 0 Å². The van der Waals surface area contributed by atoms with Gasteiger partial charge in [0.1, 0.15) is 5.75 Å². The molecule has 1 aromatic rings. The molecule has 0 radical (unpaired) electrons. The lowest BCUT2D eigenvalue weighted by Gasteiger charge is -2.05. The molecule has 0 unspecified atom stereocenters. The summed E-state index contributed by atoms with van der Waals surface area (Å²) in [6.07, 6.45) is -1.31. The van der Waals surface area contributed by atoms with Gasteiger partial charge in [-0.15, -0.1) is 0 Å². The monoisotopic (exact) mass is 193 g/mol. The highest BCUT2D eigenvalue weighted by molar-refractivity contribution is 5.62. The Kier molecular flexibility index (Phi) is 3.12. The van der Waals surface area contributed by atoms with Crippen LogP contribution in [0, 0.1) is 0 Å². The van der Waals surface area contributed by atoms with Crippen LogP contribution in [0.1, 0.15) is 6.92 Å². The third kappa shape index (κ3) is 3.18. The van der Waals surface area contributed by atoms with Gasteiger partial charge in [0.25, 0.3) is 0 Å². The standard InChI is InChI=1S/C10H11NO3/c1-7(2)11-8-3-5-9(6-4-8)14-10(12)13/h3-6,11H,1H2,2H3,(H,12,13). The van der Waals surface area contributed by atoms with Gasteiger partial charge in [-0.1, -0.05) is 6.58 Å². The van der Waals surface area contributed by atoms with Crippen LogP contribution in [0.2, 0.25) is 0 Å². The van der Waals surface area contributed by atoms with Gasteiger partial charge in [-0.3, -0.25) is 0 Å². The van der Waals surface area contributed by atoms with Crippen molar-refractivity contribution in [2.45, 2.75) is 6.92 Å². The zero-order valence-electron chi connectivity index (χ0n) is 7.78. The van der Waals surface area contributed by atoms with Gasteiger partial charge in [-0.2, -0.15) is 0 Å². The molecule has 2 N–H and O–H groups in total. The van der Waals surface area contributed by atoms with E-state index in [1.807, 2.05) is 6.92 Å². The SMILES string of the molecule is C=C(C)Nc1ccc(OC(=O)O)cc1. The molecular weight excluding hydrogens is 182 g/mol. The van der Waals surface area contributed by atoms with E-state index in [2.05, 4.69) is 16.6 Å². The molecule has 0 aromatic heterocycles. The maximum atomic E-state index is 10.2. The minimum absolute atomic E-state index is 0.296. The molecule has 0 aliphatic rings. The minimum atomic E-state index is -1.31. The Morgan fingerprint density at radius 1 is 1.43 bits per heavy atom. The first-order valence-corrected chi connectivity index (χ1v) is 4.01. The Morgan fingerprint density at radius 3 is 2.43 bits per heavy atom. The van der Waals surface area contributed by atoms with E-state index in [1.54, 1.807) is 24.3 Å². The van der Waals surface area contributed by atoms with Crippen molar-refractivity contribution in [3.05, 3.63) is 36.5 Å². The molecular formula is C10H11NO3. The first kappa shape index (κ1) is 10.1. The first-order valence-electron chi connectivity index (χ1n) is 4.01. The molecule has 0 amide bonds. The van der Waals surface area contributed by atoms with Gasteiger partial charge in [-0.05, 0) is 31.2 Å². The molecule has 0 spiro atoms. The van der Waals surface area contributed by atoms with Gasteiger partial charge in [0, 0.05) is 11.4 Å². The molecule has 0 atom stereocenters. The summed E-state index contributed by atoms with van der Waals surface area (Å²) in [5.41, 5.74) is 1.66. The van der Waals surface area contributed by atoms with E-state index < -0.39 is 6.16 Å². The van der Waals surface area contributed by atoms with Crippen molar-refractivity contribution in [3.8, 4) is 5.75 Å². The number of allylic oxidation sites excluding steroid dienone is 1. The summed E-state index contributed by atoms with van der Waals surface area (Å²) < 4.78 is 4.44. The van der Waals surface area contributed by atoms with Crippen LogP contribution >= 0.6 is 0 Å². The first-order chi connectivity index (χ1) is 6.58. The molecule has 0 saturated carbocycles. The smallest absolute Gasteiger partial charge is 0.449 e. The fourth-order valence-corrected chi connectivity index (χ4v) is 0.954. The van der Waals surface area contributed by atoms with E-state index in [-0.39, 0.29) is 0 Å². The predicted octanol–water partition coefficient (Wildman–Crippen LogP) is 2.69. The largest absolute Gasteiger partial charge is 0.511 e. The molecule has 0 aliphatic carbocycles. The fourth-order valence-electron chi connectivity index (χ4n) is 0.954. The van der Waals surface area contributed by atoms with Crippen molar-refractivity contribution in [2.75, 3.05) is 5.32 Å². The molecule has 4 heteroatoms. The predicted molar refractivity (Wildman–Crippen MR) is 53.5 cm³/mol. The van der Waals surface area contributed by atoms with Gasteiger partial charge in [0.2, 0.25) is 0 Å². The molecule has 0 heterocycles. The minimum Gasteiger partial charge on any atom is -0.449 e. The van der Waals surface area contributed by atoms with Crippen molar-refractivity contribution in [2.24, 2.45) is 0 Å².